The van der Waals surface area contributed by atoms with Crippen LogP contribution in [-0.2, 0) is 9.84 Å². The monoisotopic (exact) mass is 327 g/mol. The fourth-order valence-corrected chi connectivity index (χ4v) is 3.10. The van der Waals surface area contributed by atoms with Crippen LogP contribution in [0.2, 0.25) is 0 Å². The van der Waals surface area contributed by atoms with Gasteiger partial charge in [0, 0.05) is 12.1 Å². The summed E-state index contributed by atoms with van der Waals surface area (Å²) in [4.78, 5) is 9.86. The first-order chi connectivity index (χ1) is 8.63. The highest BCUT2D eigenvalue weighted by Crippen LogP contribution is 2.41. The molecule has 0 bridgehead atoms. The molecule has 19 heavy (non-hydrogen) atoms. The molecule has 0 spiro atoms. The molecule has 9 heteroatoms. The van der Waals surface area contributed by atoms with Gasteiger partial charge in [0.2, 0.25) is 3.67 Å². The van der Waals surface area contributed by atoms with Crippen molar-refractivity contribution in [3.05, 3.63) is 39.9 Å². The van der Waals surface area contributed by atoms with Crippen LogP contribution in [0.4, 0.5) is 5.69 Å². The molecule has 0 aromatic heterocycles. The number of aliphatic hydroxyl groups is 1. The van der Waals surface area contributed by atoms with Gasteiger partial charge < -0.3 is 5.11 Å². The maximum Gasteiger partial charge on any atom is 0.269 e. The third-order valence-corrected chi connectivity index (χ3v) is 6.17. The molecule has 0 radical (unpaired) electrons. The Morgan fingerprint density at radius 2 is 1.84 bits per heavy atom. The van der Waals surface area contributed by atoms with E-state index in [1.165, 1.54) is 19.1 Å². The van der Waals surface area contributed by atoms with E-state index in [4.69, 9.17) is 23.2 Å². The van der Waals surface area contributed by atoms with Crippen molar-refractivity contribution in [3.63, 3.8) is 0 Å². The van der Waals surface area contributed by atoms with E-state index >= 15 is 0 Å². The molecule has 1 N–H and O–H groups in total. The van der Waals surface area contributed by atoms with E-state index in [9.17, 15) is 23.6 Å². The van der Waals surface area contributed by atoms with Crippen LogP contribution in [0.3, 0.4) is 0 Å². The first kappa shape index (κ1) is 16.2. The van der Waals surface area contributed by atoms with Crippen LogP contribution < -0.4 is 0 Å². The highest BCUT2D eigenvalue weighted by Gasteiger charge is 2.46. The SMILES string of the molecule is CCS(=O)(=O)C(Cl)(Cl)[C@H](O)c1ccc([N+](=O)[O-])cc1. The Labute approximate surface area is 120 Å². The lowest BCUT2D eigenvalue weighted by Gasteiger charge is -2.25. The summed E-state index contributed by atoms with van der Waals surface area (Å²) in [5.74, 6) is -0.343. The predicted octanol–water partition coefficient (Wildman–Crippen LogP) is 2.19. The highest BCUT2D eigenvalue weighted by atomic mass is 35.5. The number of non-ortho nitro benzene ring substituents is 1. The summed E-state index contributed by atoms with van der Waals surface area (Å²) in [5.41, 5.74) is -0.114. The first-order valence-corrected chi connectivity index (χ1v) is 7.57. The van der Waals surface area contributed by atoms with Crippen LogP contribution in [0.5, 0.6) is 0 Å². The average molecular weight is 328 g/mol. The van der Waals surface area contributed by atoms with Gasteiger partial charge in [-0.3, -0.25) is 10.1 Å². The quantitative estimate of drug-likeness (QED) is 0.508. The second-order valence-electron chi connectivity index (χ2n) is 3.72. The molecule has 1 aromatic carbocycles. The number of nitrogens with zero attached hydrogens (tertiary/aromatic N) is 1. The summed E-state index contributed by atoms with van der Waals surface area (Å²) >= 11 is 11.4. The lowest BCUT2D eigenvalue weighted by molar-refractivity contribution is -0.384. The normalized spacial score (nSPS) is 14.1. The molecule has 0 saturated heterocycles. The maximum atomic E-state index is 11.7. The average Bonchev–Trinajstić information content (AvgIpc) is 2.37. The summed E-state index contributed by atoms with van der Waals surface area (Å²) in [5, 5.41) is 20.4. The van der Waals surface area contributed by atoms with E-state index in [0.29, 0.717) is 0 Å². The fraction of sp³-hybridized carbons (Fsp3) is 0.400. The van der Waals surface area contributed by atoms with Crippen molar-refractivity contribution in [2.24, 2.45) is 0 Å². The van der Waals surface area contributed by atoms with Crippen LogP contribution in [0, 0.1) is 10.1 Å². The highest BCUT2D eigenvalue weighted by molar-refractivity contribution is 7.95. The Bertz CT molecular complexity index is 570. The Morgan fingerprint density at radius 1 is 1.37 bits per heavy atom. The summed E-state index contributed by atoms with van der Waals surface area (Å²) in [7, 11) is -3.92. The van der Waals surface area contributed by atoms with Gasteiger partial charge in [-0.25, -0.2) is 8.42 Å². The zero-order valence-electron chi connectivity index (χ0n) is 9.79. The molecule has 0 amide bonds. The Kier molecular flexibility index (Phi) is 4.78. The van der Waals surface area contributed by atoms with Crippen LogP contribution in [-0.4, -0.2) is 27.9 Å². The lowest BCUT2D eigenvalue weighted by atomic mass is 10.1. The van der Waals surface area contributed by atoms with Crippen LogP contribution in [0.1, 0.15) is 18.6 Å². The Hall–Kier alpha value is -0.890. The van der Waals surface area contributed by atoms with Gasteiger partial charge >= 0.3 is 0 Å². The van der Waals surface area contributed by atoms with Crippen molar-refractivity contribution in [3.8, 4) is 0 Å². The largest absolute Gasteiger partial charge is 0.384 e. The van der Waals surface area contributed by atoms with Gasteiger partial charge in [0.1, 0.15) is 6.10 Å². The van der Waals surface area contributed by atoms with Crippen molar-refractivity contribution in [1.29, 1.82) is 0 Å². The van der Waals surface area contributed by atoms with Crippen molar-refractivity contribution in [2.75, 3.05) is 5.75 Å². The summed E-state index contributed by atoms with van der Waals surface area (Å²) in [6.07, 6.45) is -1.71. The third kappa shape index (κ3) is 3.17. The second-order valence-corrected chi connectivity index (χ2v) is 8.00. The molecule has 0 unspecified atom stereocenters. The number of sulfone groups is 1. The van der Waals surface area contributed by atoms with Gasteiger partial charge in [-0.15, -0.1) is 0 Å². The number of hydrogen-bond acceptors (Lipinski definition) is 5. The molecule has 0 saturated carbocycles. The van der Waals surface area contributed by atoms with Gasteiger partial charge in [0.25, 0.3) is 5.69 Å². The molecular weight excluding hydrogens is 317 g/mol. The number of rotatable bonds is 5. The van der Waals surface area contributed by atoms with Crippen LogP contribution in [0.15, 0.2) is 24.3 Å². The summed E-state index contributed by atoms with van der Waals surface area (Å²) in [6.45, 7) is 1.34. The van der Waals surface area contributed by atoms with E-state index < -0.39 is 24.5 Å². The number of alkyl halides is 2. The van der Waals surface area contributed by atoms with Crippen molar-refractivity contribution < 1.29 is 18.4 Å². The minimum Gasteiger partial charge on any atom is -0.384 e. The topological polar surface area (TPSA) is 97.5 Å². The molecule has 1 aromatic rings. The van der Waals surface area contributed by atoms with Gasteiger partial charge in [0.05, 0.1) is 10.7 Å². The van der Waals surface area contributed by atoms with E-state index in [1.54, 1.807) is 0 Å². The molecule has 0 heterocycles. The minimum absolute atomic E-state index is 0.0765. The van der Waals surface area contributed by atoms with Gasteiger partial charge in [0.15, 0.2) is 9.84 Å². The van der Waals surface area contributed by atoms with E-state index in [0.717, 1.165) is 12.1 Å². The van der Waals surface area contributed by atoms with E-state index in [1.807, 2.05) is 0 Å². The van der Waals surface area contributed by atoms with Crippen molar-refractivity contribution in [2.45, 2.75) is 16.7 Å². The zero-order chi connectivity index (χ0) is 14.8. The third-order valence-electron chi connectivity index (χ3n) is 2.53. The van der Waals surface area contributed by atoms with Crippen molar-refractivity contribution in [1.82, 2.24) is 0 Å². The van der Waals surface area contributed by atoms with E-state index in [2.05, 4.69) is 0 Å². The molecule has 1 atom stereocenters. The number of aliphatic hydroxyl groups excluding tert-OH is 1. The minimum atomic E-state index is -3.92. The molecule has 1 rings (SSSR count). The van der Waals surface area contributed by atoms with Gasteiger partial charge in [-0.05, 0) is 17.7 Å². The van der Waals surface area contributed by atoms with Crippen LogP contribution in [0.25, 0.3) is 0 Å². The maximum absolute atomic E-state index is 11.7. The molecule has 6 nitrogen and oxygen atoms in total. The molecule has 0 aliphatic carbocycles. The summed E-state index contributed by atoms with van der Waals surface area (Å²) in [6, 6.07) is 4.66. The first-order valence-electron chi connectivity index (χ1n) is 5.16. The van der Waals surface area contributed by atoms with Crippen molar-refractivity contribution >= 4 is 38.7 Å². The predicted molar refractivity (Wildman–Crippen MR) is 72.0 cm³/mol. The number of benzene rings is 1. The second kappa shape index (κ2) is 5.62. The lowest BCUT2D eigenvalue weighted by Crippen LogP contribution is -2.34. The molecule has 0 aliphatic heterocycles. The van der Waals surface area contributed by atoms with Gasteiger partial charge in [-0.2, -0.15) is 0 Å². The number of hydrogen-bond donors (Lipinski definition) is 1. The molecular formula is C10H11Cl2NO5S. The zero-order valence-corrected chi connectivity index (χ0v) is 12.1. The number of nitro benzene ring substituents is 1. The standard InChI is InChI=1S/C10H11Cl2NO5S/c1-2-19(17,18)10(11,12)9(14)7-3-5-8(6-4-7)13(15)16/h3-6,9,14H,2H2,1H3/t9-/m1/s1. The molecule has 0 fully saturated rings. The Morgan fingerprint density at radius 3 is 2.21 bits per heavy atom. The van der Waals surface area contributed by atoms with Gasteiger partial charge in [-0.1, -0.05) is 30.1 Å². The fourth-order valence-electron chi connectivity index (χ4n) is 1.33. The smallest absolute Gasteiger partial charge is 0.269 e. The van der Waals surface area contributed by atoms with Crippen LogP contribution >= 0.6 is 23.2 Å². The van der Waals surface area contributed by atoms with E-state index in [-0.39, 0.29) is 17.0 Å². The number of halogens is 2. The molecule has 0 aliphatic rings. The number of nitro groups is 1. The summed E-state index contributed by atoms with van der Waals surface area (Å²) < 4.78 is 21.0. The Balaban J connectivity index is 3.13. The molecule has 106 valence electrons.